The molecule has 0 radical (unpaired) electrons. The van der Waals surface area contributed by atoms with Gasteiger partial charge >= 0.3 is 5.69 Å². The van der Waals surface area contributed by atoms with Crippen LogP contribution in [0.1, 0.15) is 11.1 Å². The van der Waals surface area contributed by atoms with Crippen LogP contribution in [-0.2, 0) is 17.9 Å². The molecule has 2 N–H and O–H groups in total. The third-order valence-electron chi connectivity index (χ3n) is 2.83. The van der Waals surface area contributed by atoms with Crippen LogP contribution in [0.4, 0.5) is 0 Å². The van der Waals surface area contributed by atoms with Crippen molar-refractivity contribution in [2.45, 2.75) is 13.2 Å². The van der Waals surface area contributed by atoms with E-state index in [1.165, 1.54) is 10.8 Å². The predicted molar refractivity (Wildman–Crippen MR) is 78.6 cm³/mol. The lowest BCUT2D eigenvalue weighted by Crippen LogP contribution is -2.32. The molecule has 21 heavy (non-hydrogen) atoms. The van der Waals surface area contributed by atoms with Crippen molar-refractivity contribution < 1.29 is 9.84 Å². The van der Waals surface area contributed by atoms with Crippen molar-refractivity contribution in [3.63, 3.8) is 0 Å². The summed E-state index contributed by atoms with van der Waals surface area (Å²) in [6, 6.07) is 7.16. The van der Waals surface area contributed by atoms with Crippen molar-refractivity contribution in [3.8, 4) is 0 Å². The molecule has 2 rings (SSSR count). The number of rotatable bonds is 6. The Bertz CT molecular complexity index is 723. The standard InChI is InChI=1S/C14H15ClN2O4/c15-12-3-1-2-10(7-12)6-11-8-17(9-21-5-4-18)14(20)16-13(11)19/h1-3,7-8,18H,4-6,9H2,(H,16,19,20). The molecule has 0 aliphatic rings. The molecule has 0 aliphatic heterocycles. The van der Waals surface area contributed by atoms with Crippen LogP contribution in [0.3, 0.4) is 0 Å². The maximum absolute atomic E-state index is 11.8. The number of nitrogens with one attached hydrogen (secondary N) is 1. The Morgan fingerprint density at radius 1 is 1.33 bits per heavy atom. The minimum absolute atomic E-state index is 0.0290. The first-order valence-corrected chi connectivity index (χ1v) is 6.73. The maximum atomic E-state index is 11.8. The van der Waals surface area contributed by atoms with E-state index in [1.807, 2.05) is 6.07 Å². The van der Waals surface area contributed by atoms with Gasteiger partial charge in [-0.25, -0.2) is 4.79 Å². The van der Waals surface area contributed by atoms with Gasteiger partial charge in [-0.05, 0) is 17.7 Å². The van der Waals surface area contributed by atoms with Gasteiger partial charge in [-0.3, -0.25) is 14.3 Å². The second-order valence-corrected chi connectivity index (χ2v) is 4.89. The zero-order chi connectivity index (χ0) is 15.2. The first kappa shape index (κ1) is 15.5. The molecule has 1 aromatic heterocycles. The molecule has 112 valence electrons. The number of ether oxygens (including phenoxy) is 1. The predicted octanol–water partition coefficient (Wildman–Crippen LogP) is 0.747. The molecule has 1 heterocycles. The summed E-state index contributed by atoms with van der Waals surface area (Å²) >= 11 is 5.91. The number of aliphatic hydroxyl groups excluding tert-OH is 1. The zero-order valence-electron chi connectivity index (χ0n) is 11.2. The highest BCUT2D eigenvalue weighted by Crippen LogP contribution is 2.12. The fraction of sp³-hybridized carbons (Fsp3) is 0.286. The second kappa shape index (κ2) is 7.21. The fourth-order valence-electron chi connectivity index (χ4n) is 1.87. The lowest BCUT2D eigenvalue weighted by Gasteiger charge is -2.08. The average Bonchev–Trinajstić information content (AvgIpc) is 2.44. The normalized spacial score (nSPS) is 10.8. The zero-order valence-corrected chi connectivity index (χ0v) is 12.0. The van der Waals surface area contributed by atoms with Gasteiger partial charge < -0.3 is 9.84 Å². The number of aromatic amines is 1. The van der Waals surface area contributed by atoms with Crippen LogP contribution < -0.4 is 11.2 Å². The largest absolute Gasteiger partial charge is 0.394 e. The Hall–Kier alpha value is -1.89. The van der Waals surface area contributed by atoms with Crippen LogP contribution in [0.5, 0.6) is 0 Å². The number of aromatic nitrogens is 2. The topological polar surface area (TPSA) is 84.3 Å². The molecule has 0 atom stereocenters. The van der Waals surface area contributed by atoms with Gasteiger partial charge in [0.05, 0.1) is 13.2 Å². The number of nitrogens with zero attached hydrogens (tertiary/aromatic N) is 1. The van der Waals surface area contributed by atoms with Crippen molar-refractivity contribution in [2.24, 2.45) is 0 Å². The van der Waals surface area contributed by atoms with Gasteiger partial charge in [-0.2, -0.15) is 0 Å². The van der Waals surface area contributed by atoms with Crippen LogP contribution in [0.25, 0.3) is 0 Å². The monoisotopic (exact) mass is 310 g/mol. The summed E-state index contributed by atoms with van der Waals surface area (Å²) in [5.41, 5.74) is 0.324. The van der Waals surface area contributed by atoms with Gasteiger partial charge in [-0.15, -0.1) is 0 Å². The highest BCUT2D eigenvalue weighted by atomic mass is 35.5. The third kappa shape index (κ3) is 4.29. The minimum Gasteiger partial charge on any atom is -0.394 e. The molecule has 0 aliphatic carbocycles. The molecule has 0 saturated carbocycles. The molecule has 6 nitrogen and oxygen atoms in total. The number of benzene rings is 1. The van der Waals surface area contributed by atoms with E-state index in [1.54, 1.807) is 18.2 Å². The van der Waals surface area contributed by atoms with Crippen LogP contribution in [0.15, 0.2) is 40.1 Å². The Morgan fingerprint density at radius 3 is 2.86 bits per heavy atom. The summed E-state index contributed by atoms with van der Waals surface area (Å²) in [4.78, 5) is 25.7. The van der Waals surface area contributed by atoms with Gasteiger partial charge in [0.25, 0.3) is 5.56 Å². The number of aliphatic hydroxyl groups is 1. The average molecular weight is 311 g/mol. The Kier molecular flexibility index (Phi) is 5.32. The highest BCUT2D eigenvalue weighted by Gasteiger charge is 2.06. The molecular weight excluding hydrogens is 296 g/mol. The van der Waals surface area contributed by atoms with Crippen LogP contribution >= 0.6 is 11.6 Å². The molecule has 7 heteroatoms. The van der Waals surface area contributed by atoms with Crippen molar-refractivity contribution in [1.29, 1.82) is 0 Å². The summed E-state index contributed by atoms with van der Waals surface area (Å²) in [6.07, 6.45) is 1.82. The first-order chi connectivity index (χ1) is 10.1. The lowest BCUT2D eigenvalue weighted by molar-refractivity contribution is 0.0455. The van der Waals surface area contributed by atoms with Crippen LogP contribution in [-0.4, -0.2) is 27.9 Å². The second-order valence-electron chi connectivity index (χ2n) is 4.45. The lowest BCUT2D eigenvalue weighted by atomic mass is 10.1. The number of halogens is 1. The van der Waals surface area contributed by atoms with Gasteiger partial charge in [0.15, 0.2) is 0 Å². The fourth-order valence-corrected chi connectivity index (χ4v) is 2.08. The molecule has 0 unspecified atom stereocenters. The molecule has 0 bridgehead atoms. The molecule has 1 aromatic carbocycles. The van der Waals surface area contributed by atoms with E-state index in [0.29, 0.717) is 17.0 Å². The maximum Gasteiger partial charge on any atom is 0.330 e. The molecule has 0 saturated heterocycles. The quantitative estimate of drug-likeness (QED) is 0.771. The van der Waals surface area contributed by atoms with Gasteiger partial charge in [0.2, 0.25) is 0 Å². The molecule has 0 spiro atoms. The first-order valence-electron chi connectivity index (χ1n) is 6.36. The Morgan fingerprint density at radius 2 is 2.14 bits per heavy atom. The van der Waals surface area contributed by atoms with E-state index in [-0.39, 0.29) is 19.9 Å². The number of H-pyrrole nitrogens is 1. The van der Waals surface area contributed by atoms with Crippen molar-refractivity contribution >= 4 is 11.6 Å². The smallest absolute Gasteiger partial charge is 0.330 e. The van der Waals surface area contributed by atoms with Gasteiger partial charge in [0.1, 0.15) is 6.73 Å². The molecular formula is C14H15ClN2O4. The van der Waals surface area contributed by atoms with Crippen LogP contribution in [0.2, 0.25) is 5.02 Å². The van der Waals surface area contributed by atoms with Crippen LogP contribution in [0, 0.1) is 0 Å². The summed E-state index contributed by atoms with van der Waals surface area (Å²) in [6.45, 7) is -0.0403. The van der Waals surface area contributed by atoms with E-state index in [9.17, 15) is 9.59 Å². The van der Waals surface area contributed by atoms with Crippen molar-refractivity contribution in [1.82, 2.24) is 9.55 Å². The summed E-state index contributed by atoms with van der Waals surface area (Å²) in [7, 11) is 0. The van der Waals surface area contributed by atoms with E-state index in [0.717, 1.165) is 5.56 Å². The minimum atomic E-state index is -0.548. The highest BCUT2D eigenvalue weighted by molar-refractivity contribution is 6.30. The van der Waals surface area contributed by atoms with E-state index >= 15 is 0 Å². The van der Waals surface area contributed by atoms with E-state index < -0.39 is 11.2 Å². The van der Waals surface area contributed by atoms with Gasteiger partial charge in [0, 0.05) is 23.2 Å². The molecule has 0 fully saturated rings. The molecule has 2 aromatic rings. The summed E-state index contributed by atoms with van der Waals surface area (Å²) in [5.74, 6) is 0. The number of hydrogen-bond acceptors (Lipinski definition) is 4. The van der Waals surface area contributed by atoms with Crippen molar-refractivity contribution in [3.05, 3.63) is 67.4 Å². The SMILES string of the molecule is O=c1[nH]c(=O)n(COCCO)cc1Cc1cccc(Cl)c1. The van der Waals surface area contributed by atoms with Crippen molar-refractivity contribution in [2.75, 3.05) is 13.2 Å². The molecule has 0 amide bonds. The van der Waals surface area contributed by atoms with Gasteiger partial charge in [-0.1, -0.05) is 23.7 Å². The summed E-state index contributed by atoms with van der Waals surface area (Å²) in [5, 5.41) is 9.24. The number of hydrogen-bond donors (Lipinski definition) is 2. The Labute approximate surface area is 125 Å². The van der Waals surface area contributed by atoms with E-state index in [2.05, 4.69) is 4.98 Å². The third-order valence-corrected chi connectivity index (χ3v) is 3.07. The summed E-state index contributed by atoms with van der Waals surface area (Å²) < 4.78 is 6.33. The Balaban J connectivity index is 2.24. The van der Waals surface area contributed by atoms with E-state index in [4.69, 9.17) is 21.4 Å².